The standard InChI is InChI=1S/C30H47NO11/c1-9-30(7,8)42-29(35)38-18-21(6)39-26(32)23(31)16-22-10-11-24(40-27(33)36-14-12-19(2)3)25(17-22)41-28(34)37-15-13-20(4)5/h10-11,17,19-21,23H,9,12-16,18,31H2,1-8H3/t21-,23-/m0/s1. The maximum atomic E-state index is 12.6. The highest BCUT2D eigenvalue weighted by molar-refractivity contribution is 5.76. The Morgan fingerprint density at radius 2 is 1.36 bits per heavy atom. The largest absolute Gasteiger partial charge is 0.513 e. The Morgan fingerprint density at radius 1 is 0.810 bits per heavy atom. The fraction of sp³-hybridized carbons (Fsp3) is 0.667. The van der Waals surface area contributed by atoms with Crippen LogP contribution < -0.4 is 15.2 Å². The molecule has 12 heteroatoms. The molecular weight excluding hydrogens is 550 g/mol. The molecule has 1 aromatic carbocycles. The number of carbonyl (C=O) groups is 4. The summed E-state index contributed by atoms with van der Waals surface area (Å²) in [4.78, 5) is 48.9. The van der Waals surface area contributed by atoms with Gasteiger partial charge in [-0.3, -0.25) is 4.79 Å². The van der Waals surface area contributed by atoms with Crippen LogP contribution in [0.5, 0.6) is 11.5 Å². The van der Waals surface area contributed by atoms with Crippen molar-refractivity contribution in [1.29, 1.82) is 0 Å². The lowest BCUT2D eigenvalue weighted by Gasteiger charge is -2.23. The molecule has 0 radical (unpaired) electrons. The predicted molar refractivity (Wildman–Crippen MR) is 153 cm³/mol. The summed E-state index contributed by atoms with van der Waals surface area (Å²) < 4.78 is 36.2. The summed E-state index contributed by atoms with van der Waals surface area (Å²) in [7, 11) is 0. The first-order chi connectivity index (χ1) is 19.6. The Kier molecular flexibility index (Phi) is 15.7. The van der Waals surface area contributed by atoms with Crippen LogP contribution in [0.1, 0.15) is 80.2 Å². The van der Waals surface area contributed by atoms with Gasteiger partial charge in [0.1, 0.15) is 24.4 Å². The van der Waals surface area contributed by atoms with E-state index in [1.807, 2.05) is 34.6 Å². The molecule has 2 N–H and O–H groups in total. The molecule has 1 rings (SSSR count). The van der Waals surface area contributed by atoms with Crippen molar-refractivity contribution in [3.05, 3.63) is 23.8 Å². The smallest absolute Gasteiger partial charge is 0.458 e. The van der Waals surface area contributed by atoms with Gasteiger partial charge in [0.25, 0.3) is 0 Å². The number of ether oxygens (including phenoxy) is 7. The second-order valence-electron chi connectivity index (χ2n) is 11.4. The fourth-order valence-corrected chi connectivity index (χ4v) is 3.01. The molecule has 0 aliphatic heterocycles. The molecular formula is C30H47NO11. The van der Waals surface area contributed by atoms with Gasteiger partial charge in [0.05, 0.1) is 13.2 Å². The van der Waals surface area contributed by atoms with Crippen LogP contribution in [-0.4, -0.2) is 62.0 Å². The molecule has 0 aliphatic rings. The molecule has 0 bridgehead atoms. The van der Waals surface area contributed by atoms with E-state index >= 15 is 0 Å². The third-order valence-corrected chi connectivity index (χ3v) is 5.95. The van der Waals surface area contributed by atoms with Gasteiger partial charge >= 0.3 is 24.4 Å². The van der Waals surface area contributed by atoms with Crippen molar-refractivity contribution in [2.75, 3.05) is 19.8 Å². The van der Waals surface area contributed by atoms with Crippen LogP contribution in [0.4, 0.5) is 14.4 Å². The topological polar surface area (TPSA) is 159 Å². The van der Waals surface area contributed by atoms with Gasteiger partial charge in [0, 0.05) is 0 Å². The summed E-state index contributed by atoms with van der Waals surface area (Å²) in [5.74, 6) is -0.276. The highest BCUT2D eigenvalue weighted by Crippen LogP contribution is 2.30. The maximum absolute atomic E-state index is 12.6. The number of rotatable bonds is 16. The van der Waals surface area contributed by atoms with E-state index in [-0.39, 0.29) is 37.7 Å². The van der Waals surface area contributed by atoms with Crippen molar-refractivity contribution in [3.8, 4) is 11.5 Å². The Labute approximate surface area is 248 Å². The first-order valence-electron chi connectivity index (χ1n) is 14.3. The third kappa shape index (κ3) is 15.5. The fourth-order valence-electron chi connectivity index (χ4n) is 3.01. The van der Waals surface area contributed by atoms with E-state index in [9.17, 15) is 19.2 Å². The highest BCUT2D eigenvalue weighted by atomic mass is 16.8. The van der Waals surface area contributed by atoms with Gasteiger partial charge in [-0.05, 0) is 76.0 Å². The first kappa shape index (κ1) is 36.5. The van der Waals surface area contributed by atoms with Crippen molar-refractivity contribution in [2.24, 2.45) is 17.6 Å². The summed E-state index contributed by atoms with van der Waals surface area (Å²) in [6, 6.07) is 3.26. The van der Waals surface area contributed by atoms with E-state index in [1.54, 1.807) is 26.8 Å². The lowest BCUT2D eigenvalue weighted by atomic mass is 10.1. The zero-order chi connectivity index (χ0) is 31.9. The SMILES string of the molecule is CCC(C)(C)OC(=O)OC[C@H](C)OC(=O)[C@@H](N)Cc1ccc(OC(=O)OCCC(C)C)c(OC(=O)OCCC(C)C)c1. The lowest BCUT2D eigenvalue weighted by molar-refractivity contribution is -0.152. The summed E-state index contributed by atoms with van der Waals surface area (Å²) in [5.41, 5.74) is 5.86. The monoisotopic (exact) mass is 597 g/mol. The van der Waals surface area contributed by atoms with E-state index < -0.39 is 42.2 Å². The molecule has 0 heterocycles. The molecule has 0 unspecified atom stereocenters. The van der Waals surface area contributed by atoms with E-state index in [0.29, 0.717) is 36.7 Å². The Hall–Kier alpha value is -3.54. The molecule has 0 saturated heterocycles. The zero-order valence-electron chi connectivity index (χ0n) is 26.1. The average molecular weight is 598 g/mol. The molecule has 2 atom stereocenters. The van der Waals surface area contributed by atoms with Crippen molar-refractivity contribution in [2.45, 2.75) is 98.8 Å². The normalized spacial score (nSPS) is 12.7. The van der Waals surface area contributed by atoms with Crippen molar-refractivity contribution < 1.29 is 52.3 Å². The Morgan fingerprint density at radius 3 is 1.88 bits per heavy atom. The summed E-state index contributed by atoms with van der Waals surface area (Å²) in [5, 5.41) is 0. The minimum Gasteiger partial charge on any atom is -0.458 e. The van der Waals surface area contributed by atoms with Crippen LogP contribution in [-0.2, 0) is 34.9 Å². The number of nitrogens with two attached hydrogens (primary N) is 1. The molecule has 238 valence electrons. The summed E-state index contributed by atoms with van der Waals surface area (Å²) in [6.07, 6.45) is -1.70. The summed E-state index contributed by atoms with van der Waals surface area (Å²) in [6.45, 7) is 15.0. The molecule has 0 amide bonds. The van der Waals surface area contributed by atoms with Crippen molar-refractivity contribution in [1.82, 2.24) is 0 Å². The number of hydrogen-bond donors (Lipinski definition) is 1. The molecule has 0 aromatic heterocycles. The number of carbonyl (C=O) groups excluding carboxylic acids is 4. The van der Waals surface area contributed by atoms with E-state index in [1.165, 1.54) is 12.1 Å². The predicted octanol–water partition coefficient (Wildman–Crippen LogP) is 5.95. The minimum absolute atomic E-state index is 0.00296. The molecule has 1 aromatic rings. The van der Waals surface area contributed by atoms with Gasteiger partial charge in [-0.25, -0.2) is 14.4 Å². The summed E-state index contributed by atoms with van der Waals surface area (Å²) >= 11 is 0. The van der Waals surface area contributed by atoms with Crippen molar-refractivity contribution in [3.63, 3.8) is 0 Å². The molecule has 0 fully saturated rings. The molecule has 0 aliphatic carbocycles. The Balaban J connectivity index is 2.85. The lowest BCUT2D eigenvalue weighted by Crippen LogP contribution is -2.37. The quantitative estimate of drug-likeness (QED) is 0.136. The van der Waals surface area contributed by atoms with Gasteiger partial charge in [-0.1, -0.05) is 40.7 Å². The molecule has 0 saturated carbocycles. The van der Waals surface area contributed by atoms with Gasteiger partial charge < -0.3 is 38.9 Å². The van der Waals surface area contributed by atoms with Crippen LogP contribution in [0, 0.1) is 11.8 Å². The van der Waals surface area contributed by atoms with Crippen LogP contribution in [0.2, 0.25) is 0 Å². The second kappa shape index (κ2) is 18.1. The highest BCUT2D eigenvalue weighted by Gasteiger charge is 2.24. The van der Waals surface area contributed by atoms with Gasteiger partial charge in [-0.2, -0.15) is 0 Å². The number of hydrogen-bond acceptors (Lipinski definition) is 12. The molecule has 0 spiro atoms. The minimum atomic E-state index is -1.10. The zero-order valence-corrected chi connectivity index (χ0v) is 26.1. The first-order valence-corrected chi connectivity index (χ1v) is 14.3. The van der Waals surface area contributed by atoms with E-state index in [2.05, 4.69) is 0 Å². The average Bonchev–Trinajstić information content (AvgIpc) is 2.88. The number of esters is 1. The van der Waals surface area contributed by atoms with Crippen molar-refractivity contribution >= 4 is 24.4 Å². The number of benzene rings is 1. The van der Waals surface area contributed by atoms with E-state index in [4.69, 9.17) is 38.9 Å². The molecule has 42 heavy (non-hydrogen) atoms. The van der Waals surface area contributed by atoms with Gasteiger partial charge in [-0.15, -0.1) is 0 Å². The maximum Gasteiger partial charge on any atom is 0.513 e. The van der Waals surface area contributed by atoms with Crippen LogP contribution in [0.15, 0.2) is 18.2 Å². The molecule has 12 nitrogen and oxygen atoms in total. The van der Waals surface area contributed by atoms with Gasteiger partial charge in [0.2, 0.25) is 0 Å². The van der Waals surface area contributed by atoms with Crippen LogP contribution >= 0.6 is 0 Å². The van der Waals surface area contributed by atoms with Crippen LogP contribution in [0.25, 0.3) is 0 Å². The van der Waals surface area contributed by atoms with Crippen LogP contribution in [0.3, 0.4) is 0 Å². The van der Waals surface area contributed by atoms with E-state index in [0.717, 1.165) is 0 Å². The Bertz CT molecular complexity index is 1020. The third-order valence-electron chi connectivity index (χ3n) is 5.95. The second-order valence-corrected chi connectivity index (χ2v) is 11.4. The van der Waals surface area contributed by atoms with Gasteiger partial charge in [0.15, 0.2) is 11.5 Å².